The molecule has 5 nitrogen and oxygen atoms in total. The van der Waals surface area contributed by atoms with Crippen LogP contribution in [0.5, 0.6) is 0 Å². The molecule has 1 aromatic carbocycles. The maximum Gasteiger partial charge on any atom is 0.175 e. The summed E-state index contributed by atoms with van der Waals surface area (Å²) < 4.78 is 23.1. The highest BCUT2D eigenvalue weighted by molar-refractivity contribution is 7.90. The van der Waals surface area contributed by atoms with Crippen molar-refractivity contribution in [1.29, 1.82) is 0 Å². The summed E-state index contributed by atoms with van der Waals surface area (Å²) >= 11 is 7.41. The third-order valence-corrected chi connectivity index (χ3v) is 5.89. The molecule has 0 aliphatic heterocycles. The van der Waals surface area contributed by atoms with E-state index in [2.05, 4.69) is 15.0 Å². The summed E-state index contributed by atoms with van der Waals surface area (Å²) in [5.74, 6) is 0. The van der Waals surface area contributed by atoms with Crippen molar-refractivity contribution in [1.82, 2.24) is 15.0 Å². The molecule has 0 bridgehead atoms. The zero-order valence-electron chi connectivity index (χ0n) is 13.0. The van der Waals surface area contributed by atoms with Gasteiger partial charge in [-0.2, -0.15) is 0 Å². The third kappa shape index (κ3) is 3.80. The molecular formula is C16H14ClN3O2S2. The SMILES string of the molecule is Cc1nc(Cc2cncc(Cl)n2)sc1-c1ccc(S(C)(=O)=O)cc1. The molecule has 8 heteroatoms. The van der Waals surface area contributed by atoms with Crippen LogP contribution in [-0.4, -0.2) is 29.6 Å². The van der Waals surface area contributed by atoms with Gasteiger partial charge in [-0.1, -0.05) is 23.7 Å². The molecule has 2 aromatic heterocycles. The average molecular weight is 380 g/mol. The topological polar surface area (TPSA) is 72.8 Å². The quantitative estimate of drug-likeness (QED) is 0.693. The van der Waals surface area contributed by atoms with Crippen molar-refractivity contribution >= 4 is 32.8 Å². The Bertz CT molecular complexity index is 983. The van der Waals surface area contributed by atoms with Crippen LogP contribution in [0.2, 0.25) is 5.15 Å². The Balaban J connectivity index is 1.89. The molecule has 2 heterocycles. The van der Waals surface area contributed by atoms with Crippen LogP contribution in [0.4, 0.5) is 0 Å². The van der Waals surface area contributed by atoms with Crippen molar-refractivity contribution in [2.45, 2.75) is 18.2 Å². The predicted molar refractivity (Wildman–Crippen MR) is 95.2 cm³/mol. The Morgan fingerprint density at radius 1 is 1.12 bits per heavy atom. The Hall–Kier alpha value is -1.83. The van der Waals surface area contributed by atoms with Crippen LogP contribution in [0.15, 0.2) is 41.6 Å². The van der Waals surface area contributed by atoms with E-state index in [1.807, 2.05) is 6.92 Å². The van der Waals surface area contributed by atoms with Crippen molar-refractivity contribution in [3.63, 3.8) is 0 Å². The fourth-order valence-corrected chi connectivity index (χ4v) is 4.15. The fourth-order valence-electron chi connectivity index (χ4n) is 2.27. The highest BCUT2D eigenvalue weighted by Gasteiger charge is 2.13. The molecule has 124 valence electrons. The van der Waals surface area contributed by atoms with Gasteiger partial charge in [0.25, 0.3) is 0 Å². The molecule has 0 saturated heterocycles. The number of hydrogen-bond donors (Lipinski definition) is 0. The summed E-state index contributed by atoms with van der Waals surface area (Å²) in [6.45, 7) is 1.93. The minimum atomic E-state index is -3.19. The number of benzene rings is 1. The zero-order valence-corrected chi connectivity index (χ0v) is 15.4. The van der Waals surface area contributed by atoms with Gasteiger partial charge in [-0.05, 0) is 24.6 Å². The molecular weight excluding hydrogens is 366 g/mol. The molecule has 0 aliphatic carbocycles. The normalized spacial score (nSPS) is 11.6. The van der Waals surface area contributed by atoms with Crippen molar-refractivity contribution in [3.05, 3.63) is 58.2 Å². The lowest BCUT2D eigenvalue weighted by molar-refractivity contribution is 0.602. The predicted octanol–water partition coefficient (Wildman–Crippen LogP) is 3.56. The summed E-state index contributed by atoms with van der Waals surface area (Å²) in [7, 11) is -3.19. The first-order valence-electron chi connectivity index (χ1n) is 7.06. The van der Waals surface area contributed by atoms with Gasteiger partial charge in [-0.15, -0.1) is 11.3 Å². The molecule has 0 fully saturated rings. The number of thiazole rings is 1. The van der Waals surface area contributed by atoms with Gasteiger partial charge in [-0.25, -0.2) is 18.4 Å². The lowest BCUT2D eigenvalue weighted by Crippen LogP contribution is -1.96. The first kappa shape index (κ1) is 17.0. The van der Waals surface area contributed by atoms with Crippen LogP contribution in [0.1, 0.15) is 16.4 Å². The second-order valence-electron chi connectivity index (χ2n) is 5.33. The lowest BCUT2D eigenvalue weighted by atomic mass is 10.2. The van der Waals surface area contributed by atoms with Crippen LogP contribution in [-0.2, 0) is 16.3 Å². The Morgan fingerprint density at radius 3 is 2.46 bits per heavy atom. The van der Waals surface area contributed by atoms with Gasteiger partial charge in [-0.3, -0.25) is 4.98 Å². The fraction of sp³-hybridized carbons (Fsp3) is 0.188. The Labute approximate surface area is 149 Å². The number of halogens is 1. The van der Waals surface area contributed by atoms with E-state index < -0.39 is 9.84 Å². The van der Waals surface area contributed by atoms with E-state index in [-0.39, 0.29) is 0 Å². The van der Waals surface area contributed by atoms with Gasteiger partial charge in [0.1, 0.15) is 5.15 Å². The first-order valence-corrected chi connectivity index (χ1v) is 10.1. The third-order valence-electron chi connectivity index (χ3n) is 3.37. The number of rotatable bonds is 4. The molecule has 0 atom stereocenters. The van der Waals surface area contributed by atoms with Gasteiger partial charge < -0.3 is 0 Å². The highest BCUT2D eigenvalue weighted by Crippen LogP contribution is 2.31. The standard InChI is InChI=1S/C16H14ClN3O2S2/c1-10-16(11-3-5-13(6-4-11)24(2,21)22)23-15(19-10)7-12-8-18-9-14(17)20-12/h3-6,8-9H,7H2,1-2H3. The van der Waals surface area contributed by atoms with Crippen molar-refractivity contribution in [3.8, 4) is 10.4 Å². The zero-order chi connectivity index (χ0) is 17.3. The Kier molecular flexibility index (Phi) is 4.67. The number of nitrogens with zero attached hydrogens (tertiary/aromatic N) is 3. The molecule has 3 rings (SSSR count). The minimum Gasteiger partial charge on any atom is -0.260 e. The average Bonchev–Trinajstić information content (AvgIpc) is 2.87. The van der Waals surface area contributed by atoms with Crippen molar-refractivity contribution in [2.75, 3.05) is 6.26 Å². The van der Waals surface area contributed by atoms with Gasteiger partial charge in [0.15, 0.2) is 9.84 Å². The molecule has 0 N–H and O–H groups in total. The summed E-state index contributed by atoms with van der Waals surface area (Å²) in [5, 5.41) is 1.27. The van der Waals surface area contributed by atoms with Crippen LogP contribution < -0.4 is 0 Å². The maximum atomic E-state index is 11.5. The second kappa shape index (κ2) is 6.58. The van der Waals surface area contributed by atoms with Gasteiger partial charge in [0, 0.05) is 18.9 Å². The van der Waals surface area contributed by atoms with Gasteiger partial charge in [0.2, 0.25) is 0 Å². The van der Waals surface area contributed by atoms with E-state index in [0.29, 0.717) is 16.5 Å². The molecule has 0 unspecified atom stereocenters. The Morgan fingerprint density at radius 2 is 1.83 bits per heavy atom. The summed E-state index contributed by atoms with van der Waals surface area (Å²) in [5.41, 5.74) is 2.60. The van der Waals surface area contributed by atoms with Gasteiger partial charge in [0.05, 0.1) is 32.4 Å². The minimum absolute atomic E-state index is 0.308. The van der Waals surface area contributed by atoms with E-state index in [4.69, 9.17) is 11.6 Å². The van der Waals surface area contributed by atoms with Crippen LogP contribution in [0.25, 0.3) is 10.4 Å². The number of aryl methyl sites for hydroxylation is 1. The molecule has 3 aromatic rings. The first-order chi connectivity index (χ1) is 11.3. The molecule has 0 saturated carbocycles. The monoisotopic (exact) mass is 379 g/mol. The van der Waals surface area contributed by atoms with Crippen molar-refractivity contribution < 1.29 is 8.42 Å². The van der Waals surface area contributed by atoms with E-state index in [0.717, 1.165) is 26.8 Å². The number of hydrogen-bond acceptors (Lipinski definition) is 6. The van der Waals surface area contributed by atoms with Crippen LogP contribution >= 0.6 is 22.9 Å². The molecule has 0 aliphatic rings. The highest BCUT2D eigenvalue weighted by atomic mass is 35.5. The maximum absolute atomic E-state index is 11.5. The summed E-state index contributed by atoms with van der Waals surface area (Å²) in [4.78, 5) is 14.1. The van der Waals surface area contributed by atoms with Crippen LogP contribution in [0.3, 0.4) is 0 Å². The number of aromatic nitrogens is 3. The molecule has 24 heavy (non-hydrogen) atoms. The lowest BCUT2D eigenvalue weighted by Gasteiger charge is -2.01. The largest absolute Gasteiger partial charge is 0.260 e. The van der Waals surface area contributed by atoms with Crippen LogP contribution in [0, 0.1) is 6.92 Å². The molecule has 0 amide bonds. The summed E-state index contributed by atoms with van der Waals surface area (Å²) in [6, 6.07) is 6.84. The van der Waals surface area contributed by atoms with E-state index in [1.54, 1.807) is 41.8 Å². The van der Waals surface area contributed by atoms with E-state index >= 15 is 0 Å². The van der Waals surface area contributed by atoms with E-state index in [1.165, 1.54) is 12.5 Å². The smallest absolute Gasteiger partial charge is 0.175 e. The van der Waals surface area contributed by atoms with E-state index in [9.17, 15) is 8.42 Å². The second-order valence-corrected chi connectivity index (χ2v) is 8.82. The number of sulfone groups is 1. The van der Waals surface area contributed by atoms with Gasteiger partial charge >= 0.3 is 0 Å². The molecule has 0 radical (unpaired) electrons. The summed E-state index contributed by atoms with van der Waals surface area (Å²) in [6.07, 6.45) is 4.92. The molecule has 0 spiro atoms. The van der Waals surface area contributed by atoms with Crippen molar-refractivity contribution in [2.24, 2.45) is 0 Å².